The molecule has 2 aliphatic carbocycles. The number of halogens is 2. The Kier molecular flexibility index (Phi) is 5.93. The van der Waals surface area contributed by atoms with Gasteiger partial charge in [0, 0.05) is 24.1 Å². The van der Waals surface area contributed by atoms with Gasteiger partial charge in [0.1, 0.15) is 11.3 Å². The van der Waals surface area contributed by atoms with E-state index >= 15 is 0 Å². The van der Waals surface area contributed by atoms with Crippen LogP contribution in [0.15, 0.2) is 88.9 Å². The Morgan fingerprint density at radius 2 is 1.60 bits per heavy atom. The molecule has 0 bridgehead atoms. The smallest absolute Gasteiger partial charge is 0.253 e. The number of aromatic hydroxyl groups is 1. The zero-order valence-corrected chi connectivity index (χ0v) is 25.3. The largest absolute Gasteiger partial charge is 0.508 e. The molecule has 0 spiro atoms. The van der Waals surface area contributed by atoms with Gasteiger partial charge < -0.3 is 9.52 Å². The number of para-hydroxylation sites is 3. The summed E-state index contributed by atoms with van der Waals surface area (Å²) >= 11 is 14.3. The van der Waals surface area contributed by atoms with Gasteiger partial charge in [0.2, 0.25) is 17.7 Å². The highest BCUT2D eigenvalue weighted by Gasteiger charge is 2.76. The van der Waals surface area contributed by atoms with Crippen LogP contribution in [0.1, 0.15) is 24.3 Å². The lowest BCUT2D eigenvalue weighted by Gasteiger charge is -2.50. The van der Waals surface area contributed by atoms with E-state index in [2.05, 4.69) is 4.98 Å². The minimum Gasteiger partial charge on any atom is -0.508 e. The lowest BCUT2D eigenvalue weighted by atomic mass is 9.56. The topological polar surface area (TPSA) is 121 Å². The van der Waals surface area contributed by atoms with Gasteiger partial charge in [-0.05, 0) is 61.2 Å². The first-order valence-corrected chi connectivity index (χ1v) is 15.3. The van der Waals surface area contributed by atoms with Crippen molar-refractivity contribution in [2.45, 2.75) is 28.5 Å². The van der Waals surface area contributed by atoms with Gasteiger partial charge in [-0.3, -0.25) is 29.0 Å². The van der Waals surface area contributed by atoms with Crippen LogP contribution in [0.2, 0.25) is 0 Å². The number of alkyl halides is 2. The van der Waals surface area contributed by atoms with Crippen LogP contribution in [0.25, 0.3) is 22.6 Å². The molecular formula is C34H25Cl2N3O6. The minimum absolute atomic E-state index is 0.116. The number of fused-ring (bicyclic) bond motifs is 5. The van der Waals surface area contributed by atoms with Gasteiger partial charge in [-0.25, -0.2) is 4.98 Å². The third kappa shape index (κ3) is 3.59. The summed E-state index contributed by atoms with van der Waals surface area (Å²) in [6.45, 7) is 0. The van der Waals surface area contributed by atoms with Crippen LogP contribution in [-0.2, 0) is 19.2 Å². The Balaban J connectivity index is 1.18. The summed E-state index contributed by atoms with van der Waals surface area (Å²) in [4.78, 5) is 58.1. The van der Waals surface area contributed by atoms with Gasteiger partial charge in [-0.15, -0.1) is 23.2 Å². The second kappa shape index (κ2) is 9.52. The fourth-order valence-electron chi connectivity index (χ4n) is 7.82. The summed E-state index contributed by atoms with van der Waals surface area (Å²) in [5.74, 6) is -5.04. The van der Waals surface area contributed by atoms with Gasteiger partial charge >= 0.3 is 0 Å². The molecule has 226 valence electrons. The number of phenolic OH excluding ortho intramolecular Hbond substituents is 1. The van der Waals surface area contributed by atoms with Crippen molar-refractivity contribution in [1.82, 2.24) is 9.88 Å². The summed E-state index contributed by atoms with van der Waals surface area (Å²) in [7, 11) is 1.33. The van der Waals surface area contributed by atoms with E-state index < -0.39 is 51.1 Å². The van der Waals surface area contributed by atoms with Crippen LogP contribution in [0.5, 0.6) is 5.75 Å². The average Bonchev–Trinajstić information content (AvgIpc) is 3.63. The fourth-order valence-corrected chi connectivity index (χ4v) is 8.84. The van der Waals surface area contributed by atoms with Gasteiger partial charge in [-0.1, -0.05) is 42.0 Å². The Morgan fingerprint density at radius 3 is 2.33 bits per heavy atom. The van der Waals surface area contributed by atoms with Gasteiger partial charge in [-0.2, -0.15) is 0 Å². The molecule has 3 aromatic carbocycles. The molecule has 4 aromatic rings. The molecule has 4 aliphatic rings. The number of imide groups is 2. The monoisotopic (exact) mass is 641 g/mol. The summed E-state index contributed by atoms with van der Waals surface area (Å²) in [5, 5.41) is 10.9. The number of anilines is 1. The van der Waals surface area contributed by atoms with Crippen molar-refractivity contribution in [3.05, 3.63) is 90.0 Å². The molecule has 0 radical (unpaired) electrons. The van der Waals surface area contributed by atoms with Crippen molar-refractivity contribution in [2.24, 2.45) is 17.8 Å². The number of phenols is 1. The van der Waals surface area contributed by atoms with Crippen LogP contribution in [0, 0.1) is 17.8 Å². The van der Waals surface area contributed by atoms with Crippen LogP contribution in [0.4, 0.5) is 5.69 Å². The standard InChI is InChI=1S/C34H25Cl2N3O6/c1-38-31(43)33(35)16-22-19(27(34(33,36)32(38)44)20-6-2-4-8-24(20)40)14-15-21-26(22)30(42)39(29(21)41)18-12-10-17(11-13-18)28-37-23-7-3-5-9-25(23)45-28/h2-14,21-22,26-27,40H,15-16H2,1H3. The number of carbonyl (C=O) groups is 4. The Labute approximate surface area is 267 Å². The molecule has 1 aromatic heterocycles. The number of likely N-dealkylation sites (tertiary alicyclic amines) is 1. The molecule has 45 heavy (non-hydrogen) atoms. The van der Waals surface area contributed by atoms with Crippen molar-refractivity contribution in [3.8, 4) is 17.2 Å². The SMILES string of the molecule is CN1C(=O)C2(Cl)CC3C(=CCC4C(=O)N(c5ccc(-c6nc7ccccc7o6)cc5)C(=O)C43)C(c3ccccc3O)C2(Cl)C1=O. The molecule has 3 fully saturated rings. The van der Waals surface area contributed by atoms with E-state index in [1.54, 1.807) is 42.5 Å². The fraction of sp³-hybridized carbons (Fsp3) is 0.265. The van der Waals surface area contributed by atoms with Crippen molar-refractivity contribution in [2.75, 3.05) is 11.9 Å². The highest BCUT2D eigenvalue weighted by Crippen LogP contribution is 2.66. The molecular weight excluding hydrogens is 617 g/mol. The number of rotatable bonds is 3. The molecule has 6 atom stereocenters. The number of oxazole rings is 1. The first-order chi connectivity index (χ1) is 21.6. The van der Waals surface area contributed by atoms with E-state index in [0.29, 0.717) is 33.9 Å². The maximum absolute atomic E-state index is 14.2. The number of allylic oxidation sites excluding steroid dienone is 2. The Hall–Kier alpha value is -4.47. The molecule has 1 N–H and O–H groups in total. The molecule has 4 amide bonds. The number of benzene rings is 3. The van der Waals surface area contributed by atoms with Crippen LogP contribution < -0.4 is 4.90 Å². The Bertz CT molecular complexity index is 1970. The van der Waals surface area contributed by atoms with Crippen molar-refractivity contribution < 1.29 is 28.7 Å². The van der Waals surface area contributed by atoms with Crippen molar-refractivity contribution >= 4 is 63.6 Å². The number of aromatic nitrogens is 1. The normalized spacial score (nSPS) is 30.9. The van der Waals surface area contributed by atoms with Crippen LogP contribution in [0.3, 0.4) is 0 Å². The lowest BCUT2D eigenvalue weighted by molar-refractivity contribution is -0.138. The van der Waals surface area contributed by atoms with Gasteiger partial charge in [0.25, 0.3) is 11.8 Å². The maximum atomic E-state index is 14.2. The molecule has 9 nitrogen and oxygen atoms in total. The predicted molar refractivity (Wildman–Crippen MR) is 166 cm³/mol. The number of carbonyl (C=O) groups excluding carboxylic acids is 4. The van der Waals surface area contributed by atoms with E-state index in [4.69, 9.17) is 27.6 Å². The van der Waals surface area contributed by atoms with E-state index in [0.717, 1.165) is 10.4 Å². The lowest BCUT2D eigenvalue weighted by Crippen LogP contribution is -2.60. The maximum Gasteiger partial charge on any atom is 0.253 e. The molecule has 2 saturated heterocycles. The first-order valence-electron chi connectivity index (χ1n) is 14.6. The summed E-state index contributed by atoms with van der Waals surface area (Å²) in [6.07, 6.45) is 1.95. The second-order valence-electron chi connectivity index (χ2n) is 12.1. The first kappa shape index (κ1) is 28.0. The van der Waals surface area contributed by atoms with Crippen molar-refractivity contribution in [1.29, 1.82) is 0 Å². The Morgan fingerprint density at radius 1 is 0.889 bits per heavy atom. The minimum atomic E-state index is -1.94. The van der Waals surface area contributed by atoms with Crippen LogP contribution in [-0.4, -0.2) is 55.4 Å². The third-order valence-corrected chi connectivity index (χ3v) is 11.3. The second-order valence-corrected chi connectivity index (χ2v) is 13.3. The van der Waals surface area contributed by atoms with Crippen LogP contribution >= 0.6 is 23.2 Å². The molecule has 3 heterocycles. The number of nitrogens with zero attached hydrogens (tertiary/aromatic N) is 3. The molecule has 2 aliphatic heterocycles. The van der Waals surface area contributed by atoms with Crippen molar-refractivity contribution in [3.63, 3.8) is 0 Å². The molecule has 6 unspecified atom stereocenters. The zero-order valence-electron chi connectivity index (χ0n) is 23.8. The predicted octanol–water partition coefficient (Wildman–Crippen LogP) is 5.39. The number of amides is 4. The summed E-state index contributed by atoms with van der Waals surface area (Å²) < 4.78 is 5.87. The van der Waals surface area contributed by atoms with Gasteiger partial charge in [0.05, 0.1) is 17.5 Å². The third-order valence-electron chi connectivity index (χ3n) is 9.93. The van der Waals surface area contributed by atoms with Gasteiger partial charge in [0.15, 0.2) is 15.3 Å². The average molecular weight is 642 g/mol. The quantitative estimate of drug-likeness (QED) is 0.181. The number of hydrogen-bond donors (Lipinski definition) is 1. The van der Waals surface area contributed by atoms with E-state index in [1.807, 2.05) is 30.3 Å². The van der Waals surface area contributed by atoms with E-state index in [1.165, 1.54) is 18.0 Å². The highest BCUT2D eigenvalue weighted by atomic mass is 35.5. The molecule has 1 saturated carbocycles. The molecule has 8 rings (SSSR count). The number of hydrogen-bond acceptors (Lipinski definition) is 7. The highest BCUT2D eigenvalue weighted by molar-refractivity contribution is 6.53. The summed E-state index contributed by atoms with van der Waals surface area (Å²) in [6, 6.07) is 20.7. The molecule has 11 heteroatoms. The van der Waals surface area contributed by atoms with E-state index in [9.17, 15) is 24.3 Å². The zero-order chi connectivity index (χ0) is 31.4. The van der Waals surface area contributed by atoms with E-state index in [-0.39, 0.29) is 24.5 Å². The summed E-state index contributed by atoms with van der Waals surface area (Å²) in [5.41, 5.74) is 3.39.